The van der Waals surface area contributed by atoms with E-state index in [-0.39, 0.29) is 0 Å². The molecule has 0 bridgehead atoms. The molecule has 4 heteroatoms. The molecule has 11 rings (SSSR count). The molecule has 11 aromatic rings. The predicted octanol–water partition coefficient (Wildman–Crippen LogP) is 13.2. The maximum Gasteiger partial charge on any atom is 0.137 e. The van der Waals surface area contributed by atoms with Gasteiger partial charge in [0.2, 0.25) is 0 Å². The van der Waals surface area contributed by atoms with Gasteiger partial charge in [-0.25, -0.2) is 0 Å². The molecule has 234 valence electrons. The number of hydrogen-bond donors (Lipinski definition) is 0. The minimum atomic E-state index is 0.849. The highest BCUT2D eigenvalue weighted by atomic mass is 16.3. The van der Waals surface area contributed by atoms with Crippen LogP contribution in [0.15, 0.2) is 179 Å². The molecule has 4 nitrogen and oxygen atoms in total. The third-order valence-corrected chi connectivity index (χ3v) is 10.1. The van der Waals surface area contributed by atoms with Gasteiger partial charge in [-0.2, -0.15) is 0 Å². The summed E-state index contributed by atoms with van der Waals surface area (Å²) < 4.78 is 15.3. The Hall–Kier alpha value is -6.78. The molecule has 0 unspecified atom stereocenters. The van der Waals surface area contributed by atoms with Crippen LogP contribution in [0.25, 0.3) is 82.1 Å². The Morgan fingerprint density at radius 3 is 1.64 bits per heavy atom. The summed E-state index contributed by atoms with van der Waals surface area (Å²) >= 11 is 0. The van der Waals surface area contributed by atoms with E-state index in [4.69, 9.17) is 8.83 Å². The van der Waals surface area contributed by atoms with Gasteiger partial charge in [-0.05, 0) is 83.6 Å². The molecule has 0 amide bonds. The monoisotopic (exact) mass is 640 g/mol. The fourth-order valence-corrected chi connectivity index (χ4v) is 7.84. The number of furan rings is 2. The Balaban J connectivity index is 1.17. The fourth-order valence-electron chi connectivity index (χ4n) is 7.84. The Bertz CT molecular complexity index is 3110. The van der Waals surface area contributed by atoms with Crippen LogP contribution in [-0.2, 0) is 0 Å². The van der Waals surface area contributed by atoms with Crippen LogP contribution < -0.4 is 4.90 Å². The van der Waals surface area contributed by atoms with Gasteiger partial charge in [-0.3, -0.25) is 0 Å². The highest BCUT2D eigenvalue weighted by molar-refractivity contribution is 6.13. The van der Waals surface area contributed by atoms with Gasteiger partial charge in [0, 0.05) is 67.2 Å². The summed E-state index contributed by atoms with van der Waals surface area (Å²) in [6.45, 7) is 0. The van der Waals surface area contributed by atoms with Crippen LogP contribution in [0.1, 0.15) is 0 Å². The lowest BCUT2D eigenvalue weighted by molar-refractivity contribution is 0.669. The number of nitrogens with zero attached hydrogens (tertiary/aromatic N) is 2. The Morgan fingerprint density at radius 1 is 0.340 bits per heavy atom. The van der Waals surface area contributed by atoms with E-state index in [1.807, 2.05) is 12.1 Å². The predicted molar refractivity (Wildman–Crippen MR) is 208 cm³/mol. The summed E-state index contributed by atoms with van der Waals surface area (Å²) in [5.74, 6) is 0. The van der Waals surface area contributed by atoms with Gasteiger partial charge in [0.05, 0.1) is 11.0 Å². The average molecular weight is 641 g/mol. The van der Waals surface area contributed by atoms with Crippen molar-refractivity contribution in [2.24, 2.45) is 0 Å². The molecule has 3 aromatic heterocycles. The maximum absolute atomic E-state index is 6.57. The van der Waals surface area contributed by atoms with Crippen molar-refractivity contribution in [1.82, 2.24) is 4.57 Å². The summed E-state index contributed by atoms with van der Waals surface area (Å²) in [7, 11) is 0. The quantitative estimate of drug-likeness (QED) is 0.192. The molecule has 0 saturated heterocycles. The highest BCUT2D eigenvalue weighted by Crippen LogP contribution is 2.43. The Morgan fingerprint density at radius 2 is 0.860 bits per heavy atom. The molecule has 0 saturated carbocycles. The molecule has 0 N–H and O–H groups in total. The number of hydrogen-bond acceptors (Lipinski definition) is 3. The molecule has 0 atom stereocenters. The number of aromatic nitrogens is 1. The van der Waals surface area contributed by atoms with Crippen molar-refractivity contribution >= 4 is 93.5 Å². The van der Waals surface area contributed by atoms with Crippen LogP contribution in [0.2, 0.25) is 0 Å². The smallest absolute Gasteiger partial charge is 0.137 e. The van der Waals surface area contributed by atoms with Crippen LogP contribution in [0, 0.1) is 0 Å². The van der Waals surface area contributed by atoms with Crippen molar-refractivity contribution in [2.45, 2.75) is 0 Å². The van der Waals surface area contributed by atoms with Crippen LogP contribution in [0.4, 0.5) is 17.1 Å². The number of rotatable bonds is 4. The SMILES string of the molecule is c1ccc(-n2c3ccccc3c3ccc(N(c4ccc5c(c4)oc4ccccc45)c4ccc5c(c4)oc4cc6ccccc6cc45)cc32)cc1. The van der Waals surface area contributed by atoms with E-state index in [1.165, 1.54) is 27.1 Å². The number of benzene rings is 8. The number of para-hydroxylation sites is 3. The van der Waals surface area contributed by atoms with Crippen LogP contribution >= 0.6 is 0 Å². The highest BCUT2D eigenvalue weighted by Gasteiger charge is 2.20. The summed E-state index contributed by atoms with van der Waals surface area (Å²) in [5.41, 5.74) is 9.95. The van der Waals surface area contributed by atoms with Crippen molar-refractivity contribution in [3.63, 3.8) is 0 Å². The van der Waals surface area contributed by atoms with Crippen molar-refractivity contribution in [2.75, 3.05) is 4.90 Å². The largest absolute Gasteiger partial charge is 0.456 e. The molecule has 8 aromatic carbocycles. The maximum atomic E-state index is 6.57. The second kappa shape index (κ2) is 10.4. The summed E-state index contributed by atoms with van der Waals surface area (Å²) in [5, 5.41) is 9.24. The van der Waals surface area contributed by atoms with Gasteiger partial charge >= 0.3 is 0 Å². The van der Waals surface area contributed by atoms with E-state index in [1.54, 1.807) is 0 Å². The van der Waals surface area contributed by atoms with E-state index in [0.717, 1.165) is 72.1 Å². The second-order valence-corrected chi connectivity index (χ2v) is 13.0. The average Bonchev–Trinajstić information content (AvgIpc) is 3.82. The van der Waals surface area contributed by atoms with E-state index < -0.39 is 0 Å². The lowest BCUT2D eigenvalue weighted by Gasteiger charge is -2.25. The van der Waals surface area contributed by atoms with E-state index in [2.05, 4.69) is 167 Å². The summed E-state index contributed by atoms with van der Waals surface area (Å²) in [6.07, 6.45) is 0. The first-order chi connectivity index (χ1) is 24.8. The molecular weight excluding hydrogens is 613 g/mol. The topological polar surface area (TPSA) is 34.5 Å². The molecule has 50 heavy (non-hydrogen) atoms. The van der Waals surface area contributed by atoms with Gasteiger partial charge in [-0.1, -0.05) is 84.9 Å². The zero-order valence-electron chi connectivity index (χ0n) is 26.9. The van der Waals surface area contributed by atoms with Crippen LogP contribution in [0.3, 0.4) is 0 Å². The molecule has 0 aliphatic carbocycles. The third-order valence-electron chi connectivity index (χ3n) is 10.1. The molecular formula is C46H28N2O2. The van der Waals surface area contributed by atoms with Gasteiger partial charge in [0.15, 0.2) is 0 Å². The van der Waals surface area contributed by atoms with Crippen molar-refractivity contribution in [3.05, 3.63) is 170 Å². The Kier molecular flexibility index (Phi) is 5.63. The van der Waals surface area contributed by atoms with E-state index >= 15 is 0 Å². The van der Waals surface area contributed by atoms with Crippen LogP contribution in [0.5, 0.6) is 0 Å². The van der Waals surface area contributed by atoms with Crippen molar-refractivity contribution in [3.8, 4) is 5.69 Å². The zero-order valence-corrected chi connectivity index (χ0v) is 26.9. The normalized spacial score (nSPS) is 12.0. The molecule has 3 heterocycles. The molecule has 0 radical (unpaired) electrons. The minimum absolute atomic E-state index is 0.849. The Labute approximate surface area is 286 Å². The van der Waals surface area contributed by atoms with Gasteiger partial charge in [0.25, 0.3) is 0 Å². The number of anilines is 3. The van der Waals surface area contributed by atoms with E-state index in [9.17, 15) is 0 Å². The van der Waals surface area contributed by atoms with Crippen molar-refractivity contribution in [1.29, 1.82) is 0 Å². The molecule has 0 spiro atoms. The van der Waals surface area contributed by atoms with Crippen molar-refractivity contribution < 1.29 is 8.83 Å². The summed E-state index contributed by atoms with van der Waals surface area (Å²) in [6, 6.07) is 60.2. The summed E-state index contributed by atoms with van der Waals surface area (Å²) in [4.78, 5) is 2.31. The fraction of sp³-hybridized carbons (Fsp3) is 0. The van der Waals surface area contributed by atoms with Gasteiger partial charge < -0.3 is 18.3 Å². The third kappa shape index (κ3) is 3.99. The first kappa shape index (κ1) is 27.2. The lowest BCUT2D eigenvalue weighted by atomic mass is 10.1. The first-order valence-corrected chi connectivity index (χ1v) is 16.9. The van der Waals surface area contributed by atoms with E-state index in [0.29, 0.717) is 0 Å². The first-order valence-electron chi connectivity index (χ1n) is 16.9. The second-order valence-electron chi connectivity index (χ2n) is 13.0. The zero-order chi connectivity index (χ0) is 32.8. The molecule has 0 aliphatic rings. The van der Waals surface area contributed by atoms with Gasteiger partial charge in [-0.15, -0.1) is 0 Å². The lowest BCUT2D eigenvalue weighted by Crippen LogP contribution is -2.10. The van der Waals surface area contributed by atoms with Crippen LogP contribution in [-0.4, -0.2) is 4.57 Å². The van der Waals surface area contributed by atoms with Gasteiger partial charge in [0.1, 0.15) is 22.3 Å². The molecule has 0 fully saturated rings. The minimum Gasteiger partial charge on any atom is -0.456 e. The standard InChI is InChI=1S/C46H28N2O2/c1-2-12-31(13-3-1)48-41-16-8-6-14-35(41)36-21-18-32(26-42(36)48)47(33-19-22-38-37-15-7-9-17-43(37)49-45(38)27-33)34-20-23-39-40-24-29-10-4-5-11-30(29)25-44(40)50-46(39)28-34/h1-28H. The molecule has 0 aliphatic heterocycles. The number of fused-ring (bicyclic) bond motifs is 10.